The average Bonchev–Trinajstić information content (AvgIpc) is 3.12. The molecule has 1 radical (unpaired) electrons. The van der Waals surface area contributed by atoms with Crippen LogP contribution in [0.2, 0.25) is 0 Å². The Morgan fingerprint density at radius 2 is 1.61 bits per heavy atom. The fourth-order valence-electron chi connectivity index (χ4n) is 3.59. The van der Waals surface area contributed by atoms with E-state index in [0.717, 1.165) is 27.5 Å². The molecule has 0 bridgehead atoms. The molecule has 0 amide bonds. The SMILES string of the molecule is CC(C)(C)C(=O)/C=C(\O)C(C)(C)C.[Ir].[c-]1cccc2c1c1nccc3oc4cccc2c4c31. The van der Waals surface area contributed by atoms with E-state index in [1.54, 1.807) is 6.20 Å². The molecule has 0 aliphatic carbocycles. The fourth-order valence-corrected chi connectivity index (χ4v) is 3.59. The van der Waals surface area contributed by atoms with Crippen LogP contribution in [-0.2, 0) is 24.9 Å². The second-order valence-electron chi connectivity index (χ2n) is 10.2. The molecule has 1 N–H and O–H groups in total. The van der Waals surface area contributed by atoms with E-state index in [4.69, 9.17) is 4.42 Å². The maximum Gasteiger partial charge on any atom is 0.164 e. The van der Waals surface area contributed by atoms with E-state index in [2.05, 4.69) is 23.2 Å². The van der Waals surface area contributed by atoms with Crippen LogP contribution >= 0.6 is 0 Å². The number of pyridine rings is 1. The topological polar surface area (TPSA) is 63.3 Å². The number of nitrogens with zero attached hydrogens (tertiary/aromatic N) is 1. The zero-order chi connectivity index (χ0) is 23.3. The molecule has 4 nitrogen and oxygen atoms in total. The number of rotatable bonds is 1. The smallest absolute Gasteiger partial charge is 0.164 e. The van der Waals surface area contributed by atoms with Crippen LogP contribution in [0.25, 0.3) is 43.6 Å². The number of aromatic nitrogens is 1. The van der Waals surface area contributed by atoms with Crippen molar-refractivity contribution in [2.24, 2.45) is 10.8 Å². The van der Waals surface area contributed by atoms with Crippen LogP contribution in [0.4, 0.5) is 0 Å². The Labute approximate surface area is 207 Å². The summed E-state index contributed by atoms with van der Waals surface area (Å²) in [6, 6.07) is 17.5. The van der Waals surface area contributed by atoms with E-state index < -0.39 is 5.41 Å². The number of furan rings is 1. The van der Waals surface area contributed by atoms with Gasteiger partial charge in [0.15, 0.2) is 5.78 Å². The molecule has 3 aromatic carbocycles. The minimum atomic E-state index is -0.417. The van der Waals surface area contributed by atoms with Crippen LogP contribution in [0, 0.1) is 16.9 Å². The summed E-state index contributed by atoms with van der Waals surface area (Å²) in [7, 11) is 0. The second kappa shape index (κ2) is 8.89. The molecule has 2 heterocycles. The van der Waals surface area contributed by atoms with Crippen molar-refractivity contribution < 1.29 is 34.4 Å². The van der Waals surface area contributed by atoms with E-state index in [0.29, 0.717) is 0 Å². The number of hydrogen-bond donors (Lipinski definition) is 1. The molecule has 0 saturated heterocycles. The van der Waals surface area contributed by atoms with Crippen molar-refractivity contribution in [3.63, 3.8) is 0 Å². The summed E-state index contributed by atoms with van der Waals surface area (Å²) < 4.78 is 5.93. The summed E-state index contributed by atoms with van der Waals surface area (Å²) in [6.45, 7) is 11.1. The normalized spacial score (nSPS) is 12.7. The van der Waals surface area contributed by atoms with Crippen molar-refractivity contribution in [2.75, 3.05) is 0 Å². The van der Waals surface area contributed by atoms with E-state index in [1.807, 2.05) is 71.9 Å². The number of carbonyl (C=O) groups excluding carboxylic acids is 1. The molecule has 0 fully saturated rings. The van der Waals surface area contributed by atoms with Gasteiger partial charge in [0.2, 0.25) is 0 Å². The van der Waals surface area contributed by atoms with Gasteiger partial charge in [-0.25, -0.2) is 0 Å². The Morgan fingerprint density at radius 3 is 2.27 bits per heavy atom. The van der Waals surface area contributed by atoms with Crippen molar-refractivity contribution in [1.29, 1.82) is 0 Å². The molecule has 0 aliphatic heterocycles. The van der Waals surface area contributed by atoms with Crippen LogP contribution in [-0.4, -0.2) is 15.9 Å². The minimum Gasteiger partial charge on any atom is -0.512 e. The first kappa shape index (κ1) is 24.9. The number of aliphatic hydroxyl groups is 1. The number of ketones is 1. The summed E-state index contributed by atoms with van der Waals surface area (Å²) in [6.07, 6.45) is 3.13. The standard InChI is InChI=1S/C17H8NO.C11H20O2.Ir/c1-2-5-12-10(4-1)11-6-3-7-13-15(11)16-14(19-13)8-9-18-17(12)16;1-10(2,3)8(12)7-9(13)11(4,5)6;/h1-4,6-9H;7,12H,1-6H3;/q-1;;/b;8-7-;. The van der Waals surface area contributed by atoms with Gasteiger partial charge < -0.3 is 14.5 Å². The van der Waals surface area contributed by atoms with E-state index >= 15 is 0 Å². The summed E-state index contributed by atoms with van der Waals surface area (Å²) in [5.74, 6) is 0.104. The molecule has 0 aliphatic rings. The predicted molar refractivity (Wildman–Crippen MR) is 131 cm³/mol. The summed E-state index contributed by atoms with van der Waals surface area (Å²) in [5.41, 5.74) is 2.04. The Hall–Kier alpha value is -2.75. The van der Waals surface area contributed by atoms with Crippen molar-refractivity contribution in [3.8, 4) is 0 Å². The van der Waals surface area contributed by atoms with Gasteiger partial charge in [0.05, 0.1) is 0 Å². The number of benzene rings is 3. The maximum atomic E-state index is 11.5. The summed E-state index contributed by atoms with van der Waals surface area (Å²) in [5, 5.41) is 15.3. The van der Waals surface area contributed by atoms with Crippen molar-refractivity contribution in [1.82, 2.24) is 4.98 Å². The molecule has 173 valence electrons. The van der Waals surface area contributed by atoms with Gasteiger partial charge in [-0.15, -0.1) is 29.7 Å². The van der Waals surface area contributed by atoms with Gasteiger partial charge in [0.25, 0.3) is 0 Å². The van der Waals surface area contributed by atoms with Gasteiger partial charge in [0, 0.05) is 59.5 Å². The van der Waals surface area contributed by atoms with Gasteiger partial charge in [-0.1, -0.05) is 59.1 Å². The molecular weight excluding hydrogens is 591 g/mol. The molecule has 5 heteroatoms. The number of hydrogen-bond acceptors (Lipinski definition) is 4. The van der Waals surface area contributed by atoms with Crippen molar-refractivity contribution in [2.45, 2.75) is 41.5 Å². The molecule has 0 saturated carbocycles. The first-order valence-corrected chi connectivity index (χ1v) is 10.8. The zero-order valence-electron chi connectivity index (χ0n) is 19.7. The number of fused-ring (bicyclic) bond motifs is 3. The first-order valence-electron chi connectivity index (χ1n) is 10.8. The third-order valence-electron chi connectivity index (χ3n) is 5.57. The predicted octanol–water partition coefficient (Wildman–Crippen LogP) is 7.61. The van der Waals surface area contributed by atoms with Gasteiger partial charge in [-0.2, -0.15) is 0 Å². The Balaban J connectivity index is 0.000000196. The minimum absolute atomic E-state index is 0. The van der Waals surface area contributed by atoms with Crippen LogP contribution in [0.15, 0.2) is 64.9 Å². The third kappa shape index (κ3) is 4.66. The van der Waals surface area contributed by atoms with Crippen molar-refractivity contribution in [3.05, 3.63) is 66.6 Å². The van der Waals surface area contributed by atoms with Gasteiger partial charge in [-0.3, -0.25) is 4.79 Å². The second-order valence-corrected chi connectivity index (χ2v) is 10.2. The third-order valence-corrected chi connectivity index (χ3v) is 5.57. The van der Waals surface area contributed by atoms with Crippen LogP contribution in [0.5, 0.6) is 0 Å². The maximum absolute atomic E-state index is 11.5. The molecule has 5 rings (SSSR count). The summed E-state index contributed by atoms with van der Waals surface area (Å²) >= 11 is 0. The summed E-state index contributed by atoms with van der Waals surface area (Å²) in [4.78, 5) is 16.0. The van der Waals surface area contributed by atoms with E-state index in [9.17, 15) is 9.90 Å². The van der Waals surface area contributed by atoms with E-state index in [1.165, 1.54) is 22.2 Å². The number of carbonyl (C=O) groups is 1. The quantitative estimate of drug-likeness (QED) is 0.0909. The molecule has 0 unspecified atom stereocenters. The molecule has 33 heavy (non-hydrogen) atoms. The largest absolute Gasteiger partial charge is 0.512 e. The Kier molecular flexibility index (Phi) is 6.70. The molecule has 2 aromatic heterocycles. The van der Waals surface area contributed by atoms with E-state index in [-0.39, 0.29) is 37.1 Å². The fraction of sp³-hybridized carbons (Fsp3) is 0.286. The van der Waals surface area contributed by atoms with Gasteiger partial charge in [0.1, 0.15) is 16.9 Å². The molecule has 5 aromatic rings. The van der Waals surface area contributed by atoms with Crippen LogP contribution < -0.4 is 0 Å². The Morgan fingerprint density at radius 1 is 0.939 bits per heavy atom. The number of allylic oxidation sites excluding steroid dienone is 2. The van der Waals surface area contributed by atoms with Crippen LogP contribution in [0.1, 0.15) is 41.5 Å². The van der Waals surface area contributed by atoms with Gasteiger partial charge >= 0.3 is 0 Å². The average molecular weight is 619 g/mol. The molecule has 0 spiro atoms. The first-order chi connectivity index (χ1) is 15.0. The van der Waals surface area contributed by atoms with Crippen LogP contribution in [0.3, 0.4) is 0 Å². The number of aliphatic hydroxyl groups excluding tert-OH is 1. The Bertz CT molecular complexity index is 1380. The van der Waals surface area contributed by atoms with Gasteiger partial charge in [-0.05, 0) is 17.5 Å². The molecule has 0 atom stereocenters. The monoisotopic (exact) mass is 619 g/mol. The molecular formula is C28H28IrNO3-. The van der Waals surface area contributed by atoms with Crippen molar-refractivity contribution >= 4 is 49.4 Å². The zero-order valence-corrected chi connectivity index (χ0v) is 22.1.